The first-order valence-corrected chi connectivity index (χ1v) is 11.8. The Labute approximate surface area is 181 Å². The van der Waals surface area contributed by atoms with Gasteiger partial charge in [-0.25, -0.2) is 4.89 Å². The van der Waals surface area contributed by atoms with Gasteiger partial charge in [0.1, 0.15) is 31.0 Å². The Kier molecular flexibility index (Phi) is 16.9. The van der Waals surface area contributed by atoms with E-state index in [9.17, 15) is 15.3 Å². The van der Waals surface area contributed by atoms with E-state index in [0.29, 0.717) is 6.61 Å². The van der Waals surface area contributed by atoms with Gasteiger partial charge in [0.25, 0.3) is 0 Å². The zero-order chi connectivity index (χ0) is 22.0. The van der Waals surface area contributed by atoms with E-state index in [2.05, 4.69) is 11.8 Å². The summed E-state index contributed by atoms with van der Waals surface area (Å²) in [5.74, 6) is 0. The van der Waals surface area contributed by atoms with Crippen LogP contribution in [0.4, 0.5) is 0 Å². The molecule has 0 saturated carbocycles. The van der Waals surface area contributed by atoms with Crippen LogP contribution in [0.1, 0.15) is 84.0 Å². The van der Waals surface area contributed by atoms with E-state index >= 15 is 0 Å². The van der Waals surface area contributed by atoms with Crippen LogP contribution in [0.3, 0.4) is 0 Å². The van der Waals surface area contributed by atoms with E-state index < -0.39 is 30.7 Å². The average Bonchev–Trinajstić information content (AvgIpc) is 2.74. The van der Waals surface area contributed by atoms with Crippen molar-refractivity contribution in [2.24, 2.45) is 0 Å². The van der Waals surface area contributed by atoms with Gasteiger partial charge in [-0.05, 0) is 6.42 Å². The van der Waals surface area contributed by atoms with Crippen molar-refractivity contribution in [1.29, 1.82) is 0 Å². The number of hydrogen-bond donors (Lipinski definition) is 4. The lowest BCUT2D eigenvalue weighted by Gasteiger charge is -2.36. The lowest BCUT2D eigenvalue weighted by molar-refractivity contribution is -0.313. The van der Waals surface area contributed by atoms with E-state index in [0.717, 1.165) is 12.8 Å². The summed E-state index contributed by atoms with van der Waals surface area (Å²) in [6.45, 7) is 2.71. The van der Waals surface area contributed by atoms with Crippen LogP contribution in [0.2, 0.25) is 0 Å². The molecule has 0 radical (unpaired) electrons. The van der Waals surface area contributed by atoms with Crippen molar-refractivity contribution in [2.45, 2.75) is 115 Å². The molecule has 0 aliphatic carbocycles. The highest BCUT2D eigenvalue weighted by atomic mass is 17.1. The van der Waals surface area contributed by atoms with Gasteiger partial charge in [-0.1, -0.05) is 77.6 Å². The highest BCUT2D eigenvalue weighted by Gasteiger charge is 2.39. The van der Waals surface area contributed by atoms with Crippen LogP contribution in [0.25, 0.3) is 0 Å². The van der Waals surface area contributed by atoms with Crippen molar-refractivity contribution in [2.75, 3.05) is 26.4 Å². The average molecular weight is 437 g/mol. The molecule has 0 bridgehead atoms. The molecular weight excluding hydrogens is 392 g/mol. The van der Waals surface area contributed by atoms with Crippen LogP contribution in [0, 0.1) is 0 Å². The Hall–Kier alpha value is -0.320. The molecule has 8 heteroatoms. The molecule has 180 valence electrons. The number of aliphatic hydroxyl groups excluding tert-OH is 3. The van der Waals surface area contributed by atoms with Crippen LogP contribution in [0.15, 0.2) is 0 Å². The van der Waals surface area contributed by atoms with Crippen LogP contribution < -0.4 is 0 Å². The van der Waals surface area contributed by atoms with Crippen LogP contribution in [-0.2, 0) is 19.1 Å². The van der Waals surface area contributed by atoms with Gasteiger partial charge in [0, 0.05) is 6.61 Å². The lowest BCUT2D eigenvalue weighted by atomic mass is 10.1. The van der Waals surface area contributed by atoms with Gasteiger partial charge >= 0.3 is 0 Å². The van der Waals surface area contributed by atoms with E-state index in [1.54, 1.807) is 0 Å². The fourth-order valence-electron chi connectivity index (χ4n) is 3.56. The van der Waals surface area contributed by atoms with Crippen LogP contribution >= 0.6 is 0 Å². The smallest absolute Gasteiger partial charge is 0.186 e. The van der Waals surface area contributed by atoms with Gasteiger partial charge in [0.2, 0.25) is 0 Å². The highest BCUT2D eigenvalue weighted by Crippen LogP contribution is 2.18. The molecule has 0 aromatic carbocycles. The second kappa shape index (κ2) is 18.3. The number of ether oxygens (including phenoxy) is 3. The van der Waals surface area contributed by atoms with Gasteiger partial charge in [-0.3, -0.25) is 5.26 Å². The summed E-state index contributed by atoms with van der Waals surface area (Å²) >= 11 is 0. The summed E-state index contributed by atoms with van der Waals surface area (Å²) in [5, 5.41) is 37.8. The summed E-state index contributed by atoms with van der Waals surface area (Å²) < 4.78 is 16.3. The molecule has 1 aliphatic rings. The molecule has 0 aromatic rings. The molecule has 0 amide bonds. The molecular formula is C22H44O8. The first-order valence-electron chi connectivity index (χ1n) is 11.8. The largest absolute Gasteiger partial charge is 0.388 e. The molecule has 0 aromatic heterocycles. The molecule has 1 fully saturated rings. The maximum absolute atomic E-state index is 9.92. The van der Waals surface area contributed by atoms with Crippen molar-refractivity contribution >= 4 is 0 Å². The Morgan fingerprint density at radius 2 is 1.37 bits per heavy atom. The lowest BCUT2D eigenvalue weighted by Crippen LogP contribution is -2.55. The van der Waals surface area contributed by atoms with Crippen molar-refractivity contribution in [3.05, 3.63) is 0 Å². The molecule has 0 unspecified atom stereocenters. The third kappa shape index (κ3) is 12.5. The monoisotopic (exact) mass is 436 g/mol. The summed E-state index contributed by atoms with van der Waals surface area (Å²) in [6, 6.07) is 0. The second-order valence-electron chi connectivity index (χ2n) is 8.27. The van der Waals surface area contributed by atoms with Crippen LogP contribution in [0.5, 0.6) is 0 Å². The Bertz CT molecular complexity index is 384. The molecule has 4 N–H and O–H groups in total. The molecule has 1 aliphatic heterocycles. The van der Waals surface area contributed by atoms with E-state index in [1.165, 1.54) is 64.2 Å². The van der Waals surface area contributed by atoms with E-state index in [4.69, 9.17) is 19.5 Å². The minimum Gasteiger partial charge on any atom is -0.388 e. The SMILES string of the molecule is CCCCCCCCCCCCCCOC[C@@H](COO)O[C@@H]1OC[C@@H](O)[C@@H](O)[C@@H]1O. The fourth-order valence-corrected chi connectivity index (χ4v) is 3.56. The molecule has 0 spiro atoms. The predicted molar refractivity (Wildman–Crippen MR) is 113 cm³/mol. The van der Waals surface area contributed by atoms with Crippen molar-refractivity contribution < 1.29 is 39.7 Å². The van der Waals surface area contributed by atoms with E-state index in [-0.39, 0.29) is 19.8 Å². The molecule has 1 saturated heterocycles. The summed E-state index contributed by atoms with van der Waals surface area (Å²) in [5.41, 5.74) is 0. The first-order chi connectivity index (χ1) is 14.6. The van der Waals surface area contributed by atoms with Gasteiger partial charge < -0.3 is 29.5 Å². The Balaban J connectivity index is 2.00. The molecule has 1 rings (SSSR count). The predicted octanol–water partition coefficient (Wildman–Crippen LogP) is 3.02. The summed E-state index contributed by atoms with van der Waals surface area (Å²) in [7, 11) is 0. The normalized spacial score (nSPS) is 25.5. The summed E-state index contributed by atoms with van der Waals surface area (Å²) in [4.78, 5) is 4.14. The molecule has 30 heavy (non-hydrogen) atoms. The fraction of sp³-hybridized carbons (Fsp3) is 1.00. The third-order valence-corrected chi connectivity index (χ3v) is 5.49. The van der Waals surface area contributed by atoms with Gasteiger partial charge in [-0.2, -0.15) is 0 Å². The molecule has 8 nitrogen and oxygen atoms in total. The third-order valence-electron chi connectivity index (χ3n) is 5.49. The maximum Gasteiger partial charge on any atom is 0.186 e. The van der Waals surface area contributed by atoms with Gasteiger partial charge in [0.15, 0.2) is 6.29 Å². The van der Waals surface area contributed by atoms with Crippen LogP contribution in [-0.4, -0.2) is 77.7 Å². The number of unbranched alkanes of at least 4 members (excludes halogenated alkanes) is 11. The zero-order valence-electron chi connectivity index (χ0n) is 18.6. The first kappa shape index (κ1) is 27.7. The van der Waals surface area contributed by atoms with Crippen molar-refractivity contribution in [1.82, 2.24) is 0 Å². The maximum atomic E-state index is 9.92. The summed E-state index contributed by atoms with van der Waals surface area (Å²) in [6.07, 6.45) is 9.70. The number of rotatable bonds is 19. The zero-order valence-corrected chi connectivity index (χ0v) is 18.6. The Morgan fingerprint density at radius 1 is 0.800 bits per heavy atom. The molecule has 5 atom stereocenters. The van der Waals surface area contributed by atoms with Gasteiger partial charge in [-0.15, -0.1) is 0 Å². The highest BCUT2D eigenvalue weighted by molar-refractivity contribution is 4.83. The topological polar surface area (TPSA) is 118 Å². The number of hydrogen-bond acceptors (Lipinski definition) is 8. The van der Waals surface area contributed by atoms with Gasteiger partial charge in [0.05, 0.1) is 13.2 Å². The quantitative estimate of drug-likeness (QED) is 0.139. The minimum absolute atomic E-state index is 0.144. The standard InChI is InChI=1S/C22H44O8/c1-2-3-4-5-6-7-8-9-10-11-12-13-14-27-15-18(16-29-26)30-22-21(25)20(24)19(23)17-28-22/h18-26H,2-17H2,1H3/t18-,19+,20+,21-,22-/m0/s1. The van der Waals surface area contributed by atoms with E-state index in [1.807, 2.05) is 0 Å². The van der Waals surface area contributed by atoms with Crippen molar-refractivity contribution in [3.8, 4) is 0 Å². The second-order valence-corrected chi connectivity index (χ2v) is 8.27. The molecule has 1 heterocycles. The van der Waals surface area contributed by atoms with Crippen molar-refractivity contribution in [3.63, 3.8) is 0 Å². The minimum atomic E-state index is -1.38. The number of aliphatic hydroxyl groups is 3. The Morgan fingerprint density at radius 3 is 1.93 bits per heavy atom.